The van der Waals surface area contributed by atoms with Gasteiger partial charge in [0.1, 0.15) is 26.4 Å². The topological polar surface area (TPSA) is 195 Å². The van der Waals surface area contributed by atoms with Crippen LogP contribution in [0.15, 0.2) is 0 Å². The van der Waals surface area contributed by atoms with E-state index >= 15 is 0 Å². The van der Waals surface area contributed by atoms with E-state index in [0.29, 0.717) is 38.5 Å². The summed E-state index contributed by atoms with van der Waals surface area (Å²) in [6.45, 7) is 16.7. The number of carboxylic acids is 1. The van der Waals surface area contributed by atoms with Crippen LogP contribution >= 0.6 is 0 Å². The molecule has 0 aromatic heterocycles. The van der Waals surface area contributed by atoms with Gasteiger partial charge in [-0.05, 0) is 86.5 Å². The first-order chi connectivity index (χ1) is 25.2. The van der Waals surface area contributed by atoms with Crippen molar-refractivity contribution in [2.24, 2.45) is 39.9 Å². The van der Waals surface area contributed by atoms with E-state index in [0.717, 1.165) is 32.1 Å². The number of aliphatic carboxylic acids is 1. The maximum Gasteiger partial charge on any atom is 0.311 e. The minimum atomic E-state index is -0.947. The smallest absolute Gasteiger partial charge is 0.311 e. The average Bonchev–Trinajstić information content (AvgIpc) is 3.17. The van der Waals surface area contributed by atoms with E-state index in [-0.39, 0.29) is 55.7 Å². The normalized spacial score (nSPS) is 19.9. The number of methoxy groups -OCH3 is 2. The highest BCUT2D eigenvalue weighted by Crippen LogP contribution is 2.33. The van der Waals surface area contributed by atoms with E-state index in [2.05, 4.69) is 4.74 Å². The standard InChI is InChI=1S/C17H28O6.C16H26O6.C7H14O2/c1-5-17(2,3)16(20)23-11-10-22-15(19)13-9-7-6-8-12(13)14(18)21-4;1-4-16(2,3)15(20)22-10-9-21-14(19)12-8-6-5-7-11(12)13(17)18;1-5-7(2,3)6(8)9-4/h12-13H,5-11H2,1-4H3;11-12H,4-10H2,1-3H3,(H,17,18);5H2,1-4H3. The molecule has 0 heterocycles. The molecule has 0 radical (unpaired) electrons. The summed E-state index contributed by atoms with van der Waals surface area (Å²) in [5.41, 5.74) is -1.40. The molecule has 14 nitrogen and oxygen atoms in total. The van der Waals surface area contributed by atoms with Crippen LogP contribution in [0.5, 0.6) is 0 Å². The molecule has 2 aliphatic carbocycles. The average molecular weight is 773 g/mol. The van der Waals surface area contributed by atoms with Crippen molar-refractivity contribution in [2.45, 2.75) is 133 Å². The maximum atomic E-state index is 12.2. The molecule has 2 saturated carbocycles. The summed E-state index contributed by atoms with van der Waals surface area (Å²) in [5.74, 6) is -5.12. The van der Waals surface area contributed by atoms with Crippen LogP contribution in [-0.4, -0.2) is 87.5 Å². The van der Waals surface area contributed by atoms with Gasteiger partial charge in [0.2, 0.25) is 0 Å². The third-order valence-electron chi connectivity index (χ3n) is 10.6. The Morgan fingerprint density at radius 3 is 1.06 bits per heavy atom. The lowest BCUT2D eigenvalue weighted by Crippen LogP contribution is -2.35. The van der Waals surface area contributed by atoms with E-state index in [1.807, 2.05) is 48.5 Å². The fourth-order valence-corrected chi connectivity index (χ4v) is 5.42. The number of ether oxygens (including phenoxy) is 6. The lowest BCUT2D eigenvalue weighted by Gasteiger charge is -2.27. The summed E-state index contributed by atoms with van der Waals surface area (Å²) in [5, 5.41) is 9.14. The van der Waals surface area contributed by atoms with Crippen LogP contribution in [0.1, 0.15) is 133 Å². The van der Waals surface area contributed by atoms with Gasteiger partial charge in [-0.2, -0.15) is 0 Å². The van der Waals surface area contributed by atoms with E-state index in [1.54, 1.807) is 13.8 Å². The summed E-state index contributed by atoms with van der Waals surface area (Å²) in [7, 11) is 2.74. The van der Waals surface area contributed by atoms with Gasteiger partial charge in [-0.1, -0.05) is 46.5 Å². The Labute approximate surface area is 322 Å². The van der Waals surface area contributed by atoms with Crippen LogP contribution in [0.3, 0.4) is 0 Å². The van der Waals surface area contributed by atoms with Crippen molar-refractivity contribution in [3.8, 4) is 0 Å². The molecule has 54 heavy (non-hydrogen) atoms. The van der Waals surface area contributed by atoms with Gasteiger partial charge in [-0.25, -0.2) is 0 Å². The van der Waals surface area contributed by atoms with Crippen molar-refractivity contribution >= 4 is 41.8 Å². The maximum absolute atomic E-state index is 12.2. The van der Waals surface area contributed by atoms with E-state index in [9.17, 15) is 33.6 Å². The molecule has 0 aliphatic heterocycles. The van der Waals surface area contributed by atoms with Gasteiger partial charge in [0.25, 0.3) is 0 Å². The number of hydrogen-bond donors (Lipinski definition) is 1. The summed E-state index contributed by atoms with van der Waals surface area (Å²) in [6.07, 6.45) is 7.94. The molecule has 0 saturated heterocycles. The molecule has 4 unspecified atom stereocenters. The molecular weight excluding hydrogens is 704 g/mol. The van der Waals surface area contributed by atoms with Crippen molar-refractivity contribution in [1.82, 2.24) is 0 Å². The molecule has 0 aromatic carbocycles. The van der Waals surface area contributed by atoms with Gasteiger partial charge < -0.3 is 33.5 Å². The highest BCUT2D eigenvalue weighted by Gasteiger charge is 2.38. The van der Waals surface area contributed by atoms with Crippen LogP contribution in [0, 0.1) is 39.9 Å². The summed E-state index contributed by atoms with van der Waals surface area (Å²) < 4.78 is 29.8. The van der Waals surface area contributed by atoms with Gasteiger partial charge in [0.05, 0.1) is 54.1 Å². The zero-order valence-corrected chi connectivity index (χ0v) is 34.7. The Kier molecular flexibility index (Phi) is 23.0. The minimum Gasteiger partial charge on any atom is -0.481 e. The molecule has 14 heteroatoms. The van der Waals surface area contributed by atoms with Gasteiger partial charge in [-0.3, -0.25) is 33.6 Å². The summed E-state index contributed by atoms with van der Waals surface area (Å²) in [6, 6.07) is 0. The number of hydrogen-bond acceptors (Lipinski definition) is 13. The highest BCUT2D eigenvalue weighted by molar-refractivity contribution is 5.83. The molecule has 0 bridgehead atoms. The van der Waals surface area contributed by atoms with Crippen LogP contribution in [0.4, 0.5) is 0 Å². The number of carbonyl (C=O) groups excluding carboxylic acids is 6. The van der Waals surface area contributed by atoms with Crippen molar-refractivity contribution in [3.63, 3.8) is 0 Å². The summed E-state index contributed by atoms with van der Waals surface area (Å²) >= 11 is 0. The van der Waals surface area contributed by atoms with Crippen molar-refractivity contribution in [1.29, 1.82) is 0 Å². The van der Waals surface area contributed by atoms with Gasteiger partial charge in [-0.15, -0.1) is 0 Å². The number of carbonyl (C=O) groups is 7. The first kappa shape index (κ1) is 50.3. The van der Waals surface area contributed by atoms with Crippen molar-refractivity contribution < 1.29 is 67.1 Å². The first-order valence-corrected chi connectivity index (χ1v) is 19.2. The zero-order chi connectivity index (χ0) is 41.7. The molecule has 2 aliphatic rings. The van der Waals surface area contributed by atoms with E-state index < -0.39 is 52.4 Å². The lowest BCUT2D eigenvalue weighted by atomic mass is 9.79. The second-order valence-corrected chi connectivity index (χ2v) is 15.7. The summed E-state index contributed by atoms with van der Waals surface area (Å²) in [4.78, 5) is 81.4. The molecular formula is C40H68O14. The predicted octanol–water partition coefficient (Wildman–Crippen LogP) is 6.48. The Bertz CT molecular complexity index is 1220. The zero-order valence-electron chi connectivity index (χ0n) is 34.7. The van der Waals surface area contributed by atoms with Crippen molar-refractivity contribution in [3.05, 3.63) is 0 Å². The Morgan fingerprint density at radius 1 is 0.463 bits per heavy atom. The molecule has 2 fully saturated rings. The van der Waals surface area contributed by atoms with E-state index in [1.165, 1.54) is 14.2 Å². The molecule has 0 aromatic rings. The van der Waals surface area contributed by atoms with Crippen LogP contribution in [-0.2, 0) is 62.0 Å². The quantitative estimate of drug-likeness (QED) is 0.102. The molecule has 2 rings (SSSR count). The first-order valence-electron chi connectivity index (χ1n) is 19.2. The number of rotatable bonds is 16. The van der Waals surface area contributed by atoms with Crippen LogP contribution in [0.25, 0.3) is 0 Å². The lowest BCUT2D eigenvalue weighted by molar-refractivity contribution is -0.165. The Balaban J connectivity index is 0.000000852. The largest absolute Gasteiger partial charge is 0.481 e. The van der Waals surface area contributed by atoms with Gasteiger partial charge in [0, 0.05) is 0 Å². The molecule has 0 amide bonds. The third-order valence-corrected chi connectivity index (χ3v) is 10.6. The van der Waals surface area contributed by atoms with E-state index in [4.69, 9.17) is 28.8 Å². The fraction of sp³-hybridized carbons (Fsp3) is 0.825. The second-order valence-electron chi connectivity index (χ2n) is 15.7. The molecule has 312 valence electrons. The Hall–Kier alpha value is -3.71. The molecule has 4 atom stereocenters. The third kappa shape index (κ3) is 17.2. The van der Waals surface area contributed by atoms with Gasteiger partial charge >= 0.3 is 41.8 Å². The SMILES string of the molecule is CCC(C)(C)C(=O)OC.CCC(C)(C)C(=O)OCCOC(=O)C1CCCCC1C(=O)O.CCC(C)(C)C(=O)OCCOC(=O)C1CCCCC1C(=O)OC. The number of esters is 6. The second kappa shape index (κ2) is 24.6. The Morgan fingerprint density at radius 2 is 0.759 bits per heavy atom. The monoisotopic (exact) mass is 772 g/mol. The number of carboxylic acid groups (broad SMARTS) is 1. The van der Waals surface area contributed by atoms with Crippen LogP contribution in [0.2, 0.25) is 0 Å². The molecule has 1 N–H and O–H groups in total. The molecule has 0 spiro atoms. The highest BCUT2D eigenvalue weighted by atomic mass is 16.6. The van der Waals surface area contributed by atoms with Crippen molar-refractivity contribution in [2.75, 3.05) is 40.6 Å². The predicted molar refractivity (Wildman–Crippen MR) is 199 cm³/mol. The van der Waals surface area contributed by atoms with Gasteiger partial charge in [0.15, 0.2) is 0 Å². The minimum absolute atomic E-state index is 0.00153. The van der Waals surface area contributed by atoms with Crippen LogP contribution < -0.4 is 0 Å². The fourth-order valence-electron chi connectivity index (χ4n) is 5.42.